The van der Waals surface area contributed by atoms with Gasteiger partial charge in [-0.05, 0) is 34.1 Å². The minimum Gasteiger partial charge on any atom is -0.473 e. The van der Waals surface area contributed by atoms with Gasteiger partial charge in [0.25, 0.3) is 5.88 Å². The summed E-state index contributed by atoms with van der Waals surface area (Å²) in [5, 5.41) is 11.1. The van der Waals surface area contributed by atoms with Crippen molar-refractivity contribution in [1.29, 1.82) is 0 Å². The van der Waals surface area contributed by atoms with Crippen molar-refractivity contribution in [1.82, 2.24) is 4.98 Å². The average Bonchev–Trinajstić information content (AvgIpc) is 2.38. The zero-order valence-corrected chi connectivity index (χ0v) is 16.3. The van der Waals surface area contributed by atoms with Crippen molar-refractivity contribution in [2.24, 2.45) is 0 Å². The number of aromatic nitrogens is 1. The molecule has 0 amide bonds. The van der Waals surface area contributed by atoms with Crippen LogP contribution in [0.4, 0.5) is 5.69 Å². The van der Waals surface area contributed by atoms with Crippen molar-refractivity contribution in [3.05, 3.63) is 26.9 Å². The minimum absolute atomic E-state index is 0.0422. The van der Waals surface area contributed by atoms with Crippen LogP contribution in [0.5, 0.6) is 5.88 Å². The highest BCUT2D eigenvalue weighted by molar-refractivity contribution is 9.10. The fourth-order valence-corrected chi connectivity index (χ4v) is 2.84. The molecule has 0 N–H and O–H groups in total. The summed E-state index contributed by atoms with van der Waals surface area (Å²) in [6.07, 6.45) is 2.15. The first-order chi connectivity index (χ1) is 10.0. The average molecular weight is 391 g/mol. The second-order valence-corrected chi connectivity index (χ2v) is 12.3. The lowest BCUT2D eigenvalue weighted by Gasteiger charge is -2.36. The predicted octanol–water partition coefficient (Wildman–Crippen LogP) is 4.54. The van der Waals surface area contributed by atoms with Gasteiger partial charge < -0.3 is 9.16 Å². The molecule has 0 aromatic carbocycles. The molecule has 0 atom stereocenters. The molecule has 0 fully saturated rings. The first kappa shape index (κ1) is 19.1. The SMILES string of the molecule is CC(C)(C)[Si](C)(C)OCCCOc1ncc(Br)cc1[N+](=O)[O-]. The maximum atomic E-state index is 11.0. The molecular formula is C14H23BrN2O4Si. The van der Waals surface area contributed by atoms with Crippen LogP contribution < -0.4 is 4.74 Å². The zero-order chi connectivity index (χ0) is 17.0. The number of ether oxygens (including phenoxy) is 1. The number of pyridine rings is 1. The Labute approximate surface area is 140 Å². The second-order valence-electron chi connectivity index (χ2n) is 6.55. The molecular weight excluding hydrogens is 368 g/mol. The number of nitro groups is 1. The summed E-state index contributed by atoms with van der Waals surface area (Å²) in [7, 11) is -1.76. The van der Waals surface area contributed by atoms with Gasteiger partial charge in [-0.3, -0.25) is 10.1 Å². The van der Waals surface area contributed by atoms with Gasteiger partial charge >= 0.3 is 5.69 Å². The number of hydrogen-bond acceptors (Lipinski definition) is 5. The maximum Gasteiger partial charge on any atom is 0.332 e. The molecule has 0 saturated carbocycles. The van der Waals surface area contributed by atoms with Crippen LogP contribution in [0.1, 0.15) is 27.2 Å². The fraction of sp³-hybridized carbons (Fsp3) is 0.643. The predicted molar refractivity (Wildman–Crippen MR) is 91.9 cm³/mol. The molecule has 0 unspecified atom stereocenters. The van der Waals surface area contributed by atoms with Gasteiger partial charge in [-0.2, -0.15) is 0 Å². The lowest BCUT2D eigenvalue weighted by molar-refractivity contribution is -0.386. The molecule has 0 aliphatic rings. The largest absolute Gasteiger partial charge is 0.473 e. The van der Waals surface area contributed by atoms with E-state index in [0.717, 1.165) is 0 Å². The first-order valence-electron chi connectivity index (χ1n) is 7.11. The Balaban J connectivity index is 2.48. The van der Waals surface area contributed by atoms with E-state index in [0.29, 0.717) is 24.1 Å². The van der Waals surface area contributed by atoms with Crippen LogP contribution in [0.25, 0.3) is 0 Å². The van der Waals surface area contributed by atoms with Crippen molar-refractivity contribution in [3.63, 3.8) is 0 Å². The number of nitrogens with zero attached hydrogens (tertiary/aromatic N) is 2. The van der Waals surface area contributed by atoms with Gasteiger partial charge in [0.15, 0.2) is 8.32 Å². The van der Waals surface area contributed by atoms with E-state index in [1.807, 2.05) is 0 Å². The van der Waals surface area contributed by atoms with E-state index in [-0.39, 0.29) is 16.6 Å². The van der Waals surface area contributed by atoms with Crippen molar-refractivity contribution >= 4 is 29.9 Å². The molecule has 0 aliphatic heterocycles. The zero-order valence-electron chi connectivity index (χ0n) is 13.7. The minimum atomic E-state index is -1.76. The fourth-order valence-electron chi connectivity index (χ4n) is 1.43. The van der Waals surface area contributed by atoms with Gasteiger partial charge in [0.1, 0.15) is 0 Å². The summed E-state index contributed by atoms with van der Waals surface area (Å²) >= 11 is 3.16. The Morgan fingerprint density at radius 1 is 1.36 bits per heavy atom. The molecule has 1 aromatic heterocycles. The highest BCUT2D eigenvalue weighted by Gasteiger charge is 2.36. The Hall–Kier alpha value is -0.993. The number of rotatable bonds is 7. The Bertz CT molecular complexity index is 532. The van der Waals surface area contributed by atoms with E-state index in [2.05, 4.69) is 54.8 Å². The van der Waals surface area contributed by atoms with Gasteiger partial charge in [0.2, 0.25) is 0 Å². The van der Waals surface area contributed by atoms with E-state index >= 15 is 0 Å². The van der Waals surface area contributed by atoms with Crippen molar-refractivity contribution in [3.8, 4) is 5.88 Å². The topological polar surface area (TPSA) is 74.5 Å². The van der Waals surface area contributed by atoms with E-state index in [9.17, 15) is 10.1 Å². The van der Waals surface area contributed by atoms with Gasteiger partial charge in [0.05, 0.1) is 11.5 Å². The van der Waals surface area contributed by atoms with E-state index in [1.165, 1.54) is 12.3 Å². The van der Waals surface area contributed by atoms with Crippen LogP contribution >= 0.6 is 15.9 Å². The third kappa shape index (κ3) is 5.33. The summed E-state index contributed by atoms with van der Waals surface area (Å²) in [4.78, 5) is 14.4. The van der Waals surface area contributed by atoms with E-state index < -0.39 is 13.2 Å². The molecule has 0 aliphatic carbocycles. The lowest BCUT2D eigenvalue weighted by Crippen LogP contribution is -2.41. The van der Waals surface area contributed by atoms with E-state index in [4.69, 9.17) is 9.16 Å². The van der Waals surface area contributed by atoms with Crippen LogP contribution in [-0.4, -0.2) is 31.4 Å². The van der Waals surface area contributed by atoms with Gasteiger partial charge in [0, 0.05) is 29.8 Å². The van der Waals surface area contributed by atoms with Gasteiger partial charge in [-0.1, -0.05) is 20.8 Å². The Morgan fingerprint density at radius 3 is 2.55 bits per heavy atom. The molecule has 1 heterocycles. The summed E-state index contributed by atoms with van der Waals surface area (Å²) < 4.78 is 12.0. The molecule has 0 radical (unpaired) electrons. The molecule has 8 heteroatoms. The van der Waals surface area contributed by atoms with Crippen LogP contribution in [0.15, 0.2) is 16.7 Å². The molecule has 124 valence electrons. The third-order valence-electron chi connectivity index (χ3n) is 3.79. The molecule has 1 rings (SSSR count). The van der Waals surface area contributed by atoms with Crippen molar-refractivity contribution < 1.29 is 14.1 Å². The standard InChI is InChI=1S/C14H23BrN2O4Si/c1-14(2,3)22(4,5)21-8-6-7-20-13-12(17(18)19)9-11(15)10-16-13/h9-10H,6-8H2,1-5H3. The molecule has 0 spiro atoms. The van der Waals surface area contributed by atoms with Crippen molar-refractivity contribution in [2.45, 2.75) is 45.3 Å². The number of halogens is 1. The monoisotopic (exact) mass is 390 g/mol. The van der Waals surface area contributed by atoms with Crippen LogP contribution in [-0.2, 0) is 4.43 Å². The molecule has 0 saturated heterocycles. The Morgan fingerprint density at radius 2 is 2.00 bits per heavy atom. The molecule has 1 aromatic rings. The highest BCUT2D eigenvalue weighted by atomic mass is 79.9. The smallest absolute Gasteiger partial charge is 0.332 e. The van der Waals surface area contributed by atoms with Gasteiger partial charge in [-0.15, -0.1) is 0 Å². The van der Waals surface area contributed by atoms with Crippen LogP contribution in [0.3, 0.4) is 0 Å². The number of hydrogen-bond donors (Lipinski definition) is 0. The molecule has 0 bridgehead atoms. The van der Waals surface area contributed by atoms with E-state index in [1.54, 1.807) is 0 Å². The van der Waals surface area contributed by atoms with Gasteiger partial charge in [-0.25, -0.2) is 4.98 Å². The molecule has 22 heavy (non-hydrogen) atoms. The van der Waals surface area contributed by atoms with Crippen molar-refractivity contribution in [2.75, 3.05) is 13.2 Å². The van der Waals surface area contributed by atoms with Crippen LogP contribution in [0, 0.1) is 10.1 Å². The summed E-state index contributed by atoms with van der Waals surface area (Å²) in [5.74, 6) is 0.0422. The molecule has 6 nitrogen and oxygen atoms in total. The Kier molecular flexibility index (Phi) is 6.51. The second kappa shape index (κ2) is 7.52. The summed E-state index contributed by atoms with van der Waals surface area (Å²) in [5.41, 5.74) is -0.139. The quantitative estimate of drug-likeness (QED) is 0.295. The summed E-state index contributed by atoms with van der Waals surface area (Å²) in [6.45, 7) is 11.9. The first-order valence-corrected chi connectivity index (χ1v) is 10.8. The van der Waals surface area contributed by atoms with Crippen LogP contribution in [0.2, 0.25) is 18.1 Å². The highest BCUT2D eigenvalue weighted by Crippen LogP contribution is 2.36. The normalized spacial score (nSPS) is 12.3. The maximum absolute atomic E-state index is 11.0. The lowest BCUT2D eigenvalue weighted by atomic mass is 10.2. The summed E-state index contributed by atoms with van der Waals surface area (Å²) in [6, 6.07) is 1.38. The third-order valence-corrected chi connectivity index (χ3v) is 8.76.